The Morgan fingerprint density at radius 2 is 2.22 bits per heavy atom. The number of rotatable bonds is 4. The number of sulfone groups is 1. The highest BCUT2D eigenvalue weighted by atomic mass is 32.2. The number of nitrogens with zero attached hydrogens (tertiary/aromatic N) is 1. The number of aromatic nitrogens is 1. The van der Waals surface area contributed by atoms with Crippen LogP contribution in [0.2, 0.25) is 0 Å². The zero-order valence-corrected chi connectivity index (χ0v) is 10.3. The van der Waals surface area contributed by atoms with Crippen molar-refractivity contribution < 1.29 is 22.7 Å². The Balaban J connectivity index is 2.24. The van der Waals surface area contributed by atoms with Gasteiger partial charge < -0.3 is 14.3 Å². The van der Waals surface area contributed by atoms with E-state index in [9.17, 15) is 8.42 Å². The van der Waals surface area contributed by atoms with E-state index in [-0.39, 0.29) is 17.6 Å². The normalized spacial score (nSPS) is 11.4. The van der Waals surface area contributed by atoms with Crippen LogP contribution in [0.1, 0.15) is 5.69 Å². The molecule has 0 saturated carbocycles. The summed E-state index contributed by atoms with van der Waals surface area (Å²) in [7, 11) is -3.29. The molecule has 0 aliphatic rings. The summed E-state index contributed by atoms with van der Waals surface area (Å²) in [6.07, 6.45) is 2.32. The molecule has 1 aromatic heterocycles. The number of hydrogen-bond acceptors (Lipinski definition) is 6. The first kappa shape index (κ1) is 12.6. The van der Waals surface area contributed by atoms with E-state index in [1.165, 1.54) is 18.4 Å². The van der Waals surface area contributed by atoms with E-state index in [1.807, 2.05) is 0 Å². The Kier molecular flexibility index (Phi) is 3.35. The van der Waals surface area contributed by atoms with Crippen molar-refractivity contribution >= 4 is 9.84 Å². The van der Waals surface area contributed by atoms with Crippen molar-refractivity contribution in [1.29, 1.82) is 0 Å². The summed E-state index contributed by atoms with van der Waals surface area (Å²) in [5, 5.41) is 8.81. The molecule has 0 spiro atoms. The molecule has 0 radical (unpaired) electrons. The molecule has 0 fully saturated rings. The van der Waals surface area contributed by atoms with Crippen molar-refractivity contribution in [3.8, 4) is 11.8 Å². The summed E-state index contributed by atoms with van der Waals surface area (Å²) in [6, 6.07) is 5.98. The Bertz CT molecular complexity index is 647. The highest BCUT2D eigenvalue weighted by Crippen LogP contribution is 2.23. The zero-order chi connectivity index (χ0) is 13.2. The third-order valence-corrected chi connectivity index (χ3v) is 3.24. The number of aliphatic hydroxyl groups excluding tert-OH is 1. The second-order valence-electron chi connectivity index (χ2n) is 3.61. The van der Waals surface area contributed by atoms with Crippen LogP contribution in [0, 0.1) is 0 Å². The maximum Gasteiger partial charge on any atom is 0.399 e. The van der Waals surface area contributed by atoms with E-state index >= 15 is 0 Å². The van der Waals surface area contributed by atoms with Crippen molar-refractivity contribution in [2.75, 3.05) is 6.26 Å². The molecule has 0 aliphatic heterocycles. The van der Waals surface area contributed by atoms with Crippen LogP contribution in [0.5, 0.6) is 11.8 Å². The van der Waals surface area contributed by atoms with Crippen molar-refractivity contribution in [1.82, 2.24) is 4.98 Å². The first-order valence-electron chi connectivity index (χ1n) is 5.02. The first-order chi connectivity index (χ1) is 8.49. The summed E-state index contributed by atoms with van der Waals surface area (Å²) >= 11 is 0. The fraction of sp³-hybridized carbons (Fsp3) is 0.182. The lowest BCUT2D eigenvalue weighted by molar-refractivity contribution is 0.276. The minimum Gasteiger partial charge on any atom is -0.417 e. The van der Waals surface area contributed by atoms with Crippen LogP contribution < -0.4 is 4.74 Å². The van der Waals surface area contributed by atoms with Crippen molar-refractivity contribution in [2.45, 2.75) is 11.5 Å². The minimum absolute atomic E-state index is 0.0512. The van der Waals surface area contributed by atoms with Gasteiger partial charge in [0, 0.05) is 6.26 Å². The number of aliphatic hydroxyl groups is 1. The Labute approximate surface area is 104 Å². The molecule has 6 nitrogen and oxygen atoms in total. The van der Waals surface area contributed by atoms with Crippen LogP contribution in [-0.2, 0) is 16.4 Å². The highest BCUT2D eigenvalue weighted by molar-refractivity contribution is 7.90. The molecule has 96 valence electrons. The highest BCUT2D eigenvalue weighted by Gasteiger charge is 2.10. The lowest BCUT2D eigenvalue weighted by Crippen LogP contribution is -1.97. The van der Waals surface area contributed by atoms with Gasteiger partial charge in [0.25, 0.3) is 0 Å². The van der Waals surface area contributed by atoms with E-state index in [2.05, 4.69) is 4.98 Å². The molecule has 18 heavy (non-hydrogen) atoms. The molecule has 2 aromatic rings. The zero-order valence-electron chi connectivity index (χ0n) is 9.53. The molecule has 0 aliphatic carbocycles. The van der Waals surface area contributed by atoms with Gasteiger partial charge in [0.2, 0.25) is 0 Å². The molecule has 1 N–H and O–H groups in total. The second kappa shape index (κ2) is 4.79. The molecule has 0 amide bonds. The third-order valence-electron chi connectivity index (χ3n) is 2.13. The number of ether oxygens (including phenoxy) is 1. The van der Waals surface area contributed by atoms with Gasteiger partial charge in [-0.25, -0.2) is 8.42 Å². The number of oxazole rings is 1. The third kappa shape index (κ3) is 2.88. The van der Waals surface area contributed by atoms with Crippen LogP contribution in [0.15, 0.2) is 39.8 Å². The van der Waals surface area contributed by atoms with Gasteiger partial charge in [0.15, 0.2) is 9.84 Å². The van der Waals surface area contributed by atoms with E-state index in [0.29, 0.717) is 11.4 Å². The summed E-state index contributed by atoms with van der Waals surface area (Å²) in [4.78, 5) is 3.97. The summed E-state index contributed by atoms with van der Waals surface area (Å²) in [5.74, 6) is 0.296. The standard InChI is InChI=1S/C11H11NO5S/c1-18(14,15)10-4-2-3-9(5-10)17-11-12-8(6-13)7-16-11/h2-5,7,13H,6H2,1H3. The van der Waals surface area contributed by atoms with Gasteiger partial charge in [0.05, 0.1) is 11.5 Å². The van der Waals surface area contributed by atoms with E-state index in [4.69, 9.17) is 14.3 Å². The van der Waals surface area contributed by atoms with Crippen LogP contribution in [0.4, 0.5) is 0 Å². The van der Waals surface area contributed by atoms with Crippen molar-refractivity contribution in [3.63, 3.8) is 0 Å². The van der Waals surface area contributed by atoms with Gasteiger partial charge in [0.1, 0.15) is 17.7 Å². The second-order valence-corrected chi connectivity index (χ2v) is 5.63. The fourth-order valence-corrected chi connectivity index (χ4v) is 1.93. The summed E-state index contributed by atoms with van der Waals surface area (Å²) in [6.45, 7) is -0.254. The Morgan fingerprint density at radius 1 is 1.44 bits per heavy atom. The van der Waals surface area contributed by atoms with Gasteiger partial charge in [-0.05, 0) is 18.2 Å². The predicted molar refractivity (Wildman–Crippen MR) is 62.1 cm³/mol. The SMILES string of the molecule is CS(=O)(=O)c1cccc(Oc2nc(CO)co2)c1. The molecule has 0 atom stereocenters. The topological polar surface area (TPSA) is 89.6 Å². The minimum atomic E-state index is -3.29. The molecule has 0 bridgehead atoms. The van der Waals surface area contributed by atoms with Crippen LogP contribution in [-0.4, -0.2) is 24.8 Å². The largest absolute Gasteiger partial charge is 0.417 e. The van der Waals surface area contributed by atoms with E-state index in [1.54, 1.807) is 12.1 Å². The molecule has 1 aromatic carbocycles. The Morgan fingerprint density at radius 3 is 2.83 bits per heavy atom. The molecule has 7 heteroatoms. The Hall–Kier alpha value is -1.86. The average molecular weight is 269 g/mol. The van der Waals surface area contributed by atoms with Gasteiger partial charge in [-0.1, -0.05) is 6.07 Å². The molecule has 0 unspecified atom stereocenters. The fourth-order valence-electron chi connectivity index (χ4n) is 1.28. The molecule has 2 rings (SSSR count). The van der Waals surface area contributed by atoms with Crippen LogP contribution in [0.3, 0.4) is 0 Å². The number of benzene rings is 1. The lowest BCUT2D eigenvalue weighted by Gasteiger charge is -2.02. The summed E-state index contributed by atoms with van der Waals surface area (Å²) < 4.78 is 32.9. The first-order valence-corrected chi connectivity index (χ1v) is 6.91. The van der Waals surface area contributed by atoms with Crippen molar-refractivity contribution in [3.05, 3.63) is 36.2 Å². The van der Waals surface area contributed by atoms with Gasteiger partial charge >= 0.3 is 6.08 Å². The van der Waals surface area contributed by atoms with Gasteiger partial charge in [-0.2, -0.15) is 4.98 Å². The molecular formula is C11H11NO5S. The van der Waals surface area contributed by atoms with Crippen molar-refractivity contribution in [2.24, 2.45) is 0 Å². The smallest absolute Gasteiger partial charge is 0.399 e. The molecule has 1 heterocycles. The van der Waals surface area contributed by atoms with E-state index < -0.39 is 9.84 Å². The van der Waals surface area contributed by atoms with Gasteiger partial charge in [-0.3, -0.25) is 0 Å². The van der Waals surface area contributed by atoms with Gasteiger partial charge in [-0.15, -0.1) is 0 Å². The maximum atomic E-state index is 11.4. The molecular weight excluding hydrogens is 258 g/mol. The monoisotopic (exact) mass is 269 g/mol. The quantitative estimate of drug-likeness (QED) is 0.901. The lowest BCUT2D eigenvalue weighted by atomic mass is 10.3. The molecule has 0 saturated heterocycles. The summed E-state index contributed by atoms with van der Waals surface area (Å²) in [5.41, 5.74) is 0.337. The number of hydrogen-bond donors (Lipinski definition) is 1. The van der Waals surface area contributed by atoms with Crippen LogP contribution >= 0.6 is 0 Å². The van der Waals surface area contributed by atoms with E-state index in [0.717, 1.165) is 6.26 Å². The predicted octanol–water partition coefficient (Wildman–Crippen LogP) is 1.36. The maximum absolute atomic E-state index is 11.4. The van der Waals surface area contributed by atoms with Crippen LogP contribution in [0.25, 0.3) is 0 Å². The average Bonchev–Trinajstić information content (AvgIpc) is 2.76.